The Kier molecular flexibility index (Phi) is 3.79. The van der Waals surface area contributed by atoms with Gasteiger partial charge in [-0.3, -0.25) is 0 Å². The van der Waals surface area contributed by atoms with E-state index < -0.39 is 0 Å². The number of rotatable bonds is 3. The molecule has 1 N–H and O–H groups in total. The Hall–Kier alpha value is -0.530. The molecule has 0 amide bonds. The highest BCUT2D eigenvalue weighted by Crippen LogP contribution is 2.35. The van der Waals surface area contributed by atoms with Crippen LogP contribution in [-0.2, 0) is 5.54 Å². The van der Waals surface area contributed by atoms with Crippen LogP contribution in [-0.4, -0.2) is 6.54 Å². The van der Waals surface area contributed by atoms with E-state index in [0.717, 1.165) is 18.0 Å². The molecule has 0 aliphatic carbocycles. The molecule has 1 aliphatic heterocycles. The number of halogens is 1. The Morgan fingerprint density at radius 3 is 2.76 bits per heavy atom. The van der Waals surface area contributed by atoms with Gasteiger partial charge in [0.25, 0.3) is 0 Å². The van der Waals surface area contributed by atoms with Crippen molar-refractivity contribution in [1.82, 2.24) is 5.32 Å². The molecule has 0 saturated carbocycles. The van der Waals surface area contributed by atoms with E-state index in [-0.39, 0.29) is 5.54 Å². The first kappa shape index (κ1) is 12.9. The van der Waals surface area contributed by atoms with Crippen LogP contribution >= 0.6 is 11.6 Å². The lowest BCUT2D eigenvalue weighted by Gasteiger charge is -2.26. The second kappa shape index (κ2) is 4.99. The quantitative estimate of drug-likeness (QED) is 0.837. The van der Waals surface area contributed by atoms with Gasteiger partial charge in [0.1, 0.15) is 0 Å². The molecular formula is C15H22ClN. The van der Waals surface area contributed by atoms with Gasteiger partial charge in [0, 0.05) is 10.6 Å². The molecule has 1 fully saturated rings. The molecule has 1 nitrogen and oxygen atoms in total. The largest absolute Gasteiger partial charge is 0.308 e. The van der Waals surface area contributed by atoms with Crippen molar-refractivity contribution in [3.05, 3.63) is 34.3 Å². The zero-order chi connectivity index (χ0) is 12.5. The molecule has 1 aliphatic rings. The van der Waals surface area contributed by atoms with Crippen LogP contribution in [0.1, 0.15) is 57.1 Å². The van der Waals surface area contributed by atoms with Gasteiger partial charge < -0.3 is 5.32 Å². The van der Waals surface area contributed by atoms with Crippen LogP contribution in [0.5, 0.6) is 0 Å². The Labute approximate surface area is 110 Å². The summed E-state index contributed by atoms with van der Waals surface area (Å²) in [5.41, 5.74) is 2.73. The SMILES string of the molecule is CCC(C)c1ccc(C2(C)CCCN2)cc1Cl. The summed E-state index contributed by atoms with van der Waals surface area (Å²) in [6, 6.07) is 6.60. The molecule has 2 atom stereocenters. The van der Waals surface area contributed by atoms with Crippen LogP contribution in [0.4, 0.5) is 0 Å². The molecular weight excluding hydrogens is 230 g/mol. The van der Waals surface area contributed by atoms with Gasteiger partial charge in [0.2, 0.25) is 0 Å². The molecule has 1 aromatic carbocycles. The lowest BCUT2D eigenvalue weighted by atomic mass is 9.88. The van der Waals surface area contributed by atoms with Crippen molar-refractivity contribution in [3.63, 3.8) is 0 Å². The molecule has 2 unspecified atom stereocenters. The summed E-state index contributed by atoms with van der Waals surface area (Å²) in [5, 5.41) is 4.50. The summed E-state index contributed by atoms with van der Waals surface area (Å²) in [6.07, 6.45) is 3.59. The highest BCUT2D eigenvalue weighted by molar-refractivity contribution is 6.31. The Morgan fingerprint density at radius 1 is 1.47 bits per heavy atom. The molecule has 1 aromatic rings. The molecule has 1 saturated heterocycles. The highest BCUT2D eigenvalue weighted by atomic mass is 35.5. The minimum Gasteiger partial charge on any atom is -0.308 e. The number of benzene rings is 1. The average Bonchev–Trinajstić information content (AvgIpc) is 2.76. The maximum Gasteiger partial charge on any atom is 0.0444 e. The van der Waals surface area contributed by atoms with Crippen molar-refractivity contribution in [3.8, 4) is 0 Å². The maximum absolute atomic E-state index is 6.42. The van der Waals surface area contributed by atoms with E-state index in [1.165, 1.54) is 24.0 Å². The van der Waals surface area contributed by atoms with E-state index in [1.54, 1.807) is 0 Å². The fourth-order valence-corrected chi connectivity index (χ4v) is 3.00. The topological polar surface area (TPSA) is 12.0 Å². The molecule has 1 heterocycles. The molecule has 2 rings (SSSR count). The predicted octanol–water partition coefficient (Wildman–Crippen LogP) is 4.45. The summed E-state index contributed by atoms with van der Waals surface area (Å²) in [7, 11) is 0. The zero-order valence-corrected chi connectivity index (χ0v) is 11.8. The van der Waals surface area contributed by atoms with E-state index in [4.69, 9.17) is 11.6 Å². The Bertz CT molecular complexity index is 394. The minimum absolute atomic E-state index is 0.123. The summed E-state index contributed by atoms with van der Waals surface area (Å²) in [6.45, 7) is 7.82. The van der Waals surface area contributed by atoms with Gasteiger partial charge in [0.15, 0.2) is 0 Å². The standard InChI is InChI=1S/C15H22ClN/c1-4-11(2)13-7-6-12(10-14(13)16)15(3)8-5-9-17-15/h6-7,10-11,17H,4-5,8-9H2,1-3H3. The van der Waals surface area contributed by atoms with Gasteiger partial charge >= 0.3 is 0 Å². The second-order valence-electron chi connectivity index (χ2n) is 5.41. The van der Waals surface area contributed by atoms with Crippen molar-refractivity contribution >= 4 is 11.6 Å². The second-order valence-corrected chi connectivity index (χ2v) is 5.82. The fraction of sp³-hybridized carbons (Fsp3) is 0.600. The van der Waals surface area contributed by atoms with Crippen molar-refractivity contribution in [2.75, 3.05) is 6.54 Å². The summed E-state index contributed by atoms with van der Waals surface area (Å²) < 4.78 is 0. The number of hydrogen-bond acceptors (Lipinski definition) is 1. The van der Waals surface area contributed by atoms with Gasteiger partial charge in [-0.1, -0.05) is 37.6 Å². The summed E-state index contributed by atoms with van der Waals surface area (Å²) in [4.78, 5) is 0. The van der Waals surface area contributed by atoms with E-state index in [9.17, 15) is 0 Å². The molecule has 0 bridgehead atoms. The lowest BCUT2D eigenvalue weighted by molar-refractivity contribution is 0.434. The molecule has 17 heavy (non-hydrogen) atoms. The zero-order valence-electron chi connectivity index (χ0n) is 11.0. The first-order chi connectivity index (χ1) is 8.07. The van der Waals surface area contributed by atoms with Gasteiger partial charge in [-0.15, -0.1) is 0 Å². The first-order valence-electron chi connectivity index (χ1n) is 6.62. The number of hydrogen-bond donors (Lipinski definition) is 1. The number of nitrogens with one attached hydrogen (secondary N) is 1. The summed E-state index contributed by atoms with van der Waals surface area (Å²) >= 11 is 6.42. The third-order valence-electron chi connectivity index (χ3n) is 4.15. The Morgan fingerprint density at radius 2 is 2.24 bits per heavy atom. The van der Waals surface area contributed by atoms with Crippen molar-refractivity contribution < 1.29 is 0 Å². The molecule has 0 spiro atoms. The molecule has 94 valence electrons. The van der Waals surface area contributed by atoms with Crippen LogP contribution < -0.4 is 5.32 Å². The van der Waals surface area contributed by atoms with Crippen LogP contribution in [0.2, 0.25) is 5.02 Å². The van der Waals surface area contributed by atoms with Crippen LogP contribution in [0, 0.1) is 0 Å². The van der Waals surface area contributed by atoms with Gasteiger partial charge in [0.05, 0.1) is 0 Å². The van der Waals surface area contributed by atoms with E-state index in [1.807, 2.05) is 0 Å². The van der Waals surface area contributed by atoms with Gasteiger partial charge in [-0.05, 0) is 55.8 Å². The smallest absolute Gasteiger partial charge is 0.0444 e. The highest BCUT2D eigenvalue weighted by Gasteiger charge is 2.30. The third-order valence-corrected chi connectivity index (χ3v) is 4.48. The van der Waals surface area contributed by atoms with Crippen LogP contribution in [0.15, 0.2) is 18.2 Å². The predicted molar refractivity (Wildman–Crippen MR) is 74.7 cm³/mol. The third kappa shape index (κ3) is 2.51. The first-order valence-corrected chi connectivity index (χ1v) is 6.99. The maximum atomic E-state index is 6.42. The average molecular weight is 252 g/mol. The summed E-state index contributed by atoms with van der Waals surface area (Å²) in [5.74, 6) is 0.542. The normalized spacial score (nSPS) is 26.1. The van der Waals surface area contributed by atoms with Crippen LogP contribution in [0.25, 0.3) is 0 Å². The van der Waals surface area contributed by atoms with Gasteiger partial charge in [-0.2, -0.15) is 0 Å². The van der Waals surface area contributed by atoms with Crippen molar-refractivity contribution in [1.29, 1.82) is 0 Å². The lowest BCUT2D eigenvalue weighted by Crippen LogP contribution is -2.33. The van der Waals surface area contributed by atoms with E-state index in [2.05, 4.69) is 44.3 Å². The van der Waals surface area contributed by atoms with E-state index >= 15 is 0 Å². The molecule has 0 radical (unpaired) electrons. The molecule has 2 heteroatoms. The Balaban J connectivity index is 2.30. The van der Waals surface area contributed by atoms with E-state index in [0.29, 0.717) is 5.92 Å². The fourth-order valence-electron chi connectivity index (χ4n) is 2.63. The van der Waals surface area contributed by atoms with Crippen molar-refractivity contribution in [2.24, 2.45) is 0 Å². The molecule has 0 aromatic heterocycles. The van der Waals surface area contributed by atoms with Crippen molar-refractivity contribution in [2.45, 2.75) is 51.5 Å². The minimum atomic E-state index is 0.123. The van der Waals surface area contributed by atoms with Gasteiger partial charge in [-0.25, -0.2) is 0 Å². The van der Waals surface area contributed by atoms with Crippen LogP contribution in [0.3, 0.4) is 0 Å². The monoisotopic (exact) mass is 251 g/mol.